The third-order valence-corrected chi connectivity index (χ3v) is 7.51. The van der Waals surface area contributed by atoms with Gasteiger partial charge in [0.15, 0.2) is 0 Å². The molecule has 3 aromatic rings. The molecule has 2 N–H and O–H groups in total. The van der Waals surface area contributed by atoms with E-state index in [4.69, 9.17) is 11.6 Å². The summed E-state index contributed by atoms with van der Waals surface area (Å²) in [7, 11) is 0. The third kappa shape index (κ3) is 5.16. The molecule has 2 aromatic carbocycles. The number of anilines is 1. The van der Waals surface area contributed by atoms with Gasteiger partial charge in [-0.2, -0.15) is 0 Å². The smallest absolute Gasteiger partial charge is 0.318 e. The molecular weight excluding hydrogens is 476 g/mol. The Morgan fingerprint density at radius 3 is 2.61 bits per heavy atom. The Morgan fingerprint density at radius 2 is 1.83 bits per heavy atom. The van der Waals surface area contributed by atoms with Crippen molar-refractivity contribution in [2.24, 2.45) is 5.92 Å². The molecule has 7 nitrogen and oxygen atoms in total. The van der Waals surface area contributed by atoms with Crippen LogP contribution in [0.25, 0.3) is 0 Å². The molecule has 2 aliphatic rings. The fraction of sp³-hybridized carbons (Fsp3) is 0.321. The summed E-state index contributed by atoms with van der Waals surface area (Å²) in [6.45, 7) is 3.57. The van der Waals surface area contributed by atoms with Gasteiger partial charge >= 0.3 is 6.03 Å². The minimum atomic E-state index is -0.767. The number of pyridine rings is 1. The highest BCUT2D eigenvalue weighted by Gasteiger charge is 2.37. The van der Waals surface area contributed by atoms with Crippen molar-refractivity contribution >= 4 is 29.2 Å². The second-order valence-electron chi connectivity index (χ2n) is 9.75. The lowest BCUT2D eigenvalue weighted by molar-refractivity contribution is -0.118. The van der Waals surface area contributed by atoms with Gasteiger partial charge in [-0.25, -0.2) is 4.79 Å². The number of urea groups is 1. The Hall–Kier alpha value is -3.58. The molecule has 1 aromatic heterocycles. The van der Waals surface area contributed by atoms with Crippen molar-refractivity contribution in [3.05, 3.63) is 98.9 Å². The standard InChI is InChI=1S/C28H29ClN4O3/c1-18-10-11-22(14-23(18)29)30-27(35)24(13-19-6-3-2-4-7-19)31-28(36)32-15-20-12-21(17-32)25-8-5-9-26(34)33(25)16-20/h2-11,14,20-21,24H,12-13,15-17H2,1H3,(H,30,35)(H,31,36). The van der Waals surface area contributed by atoms with Crippen molar-refractivity contribution in [1.29, 1.82) is 0 Å². The molecule has 0 saturated carbocycles. The summed E-state index contributed by atoms with van der Waals surface area (Å²) in [5.74, 6) is 0.00711. The maximum Gasteiger partial charge on any atom is 0.318 e. The molecular formula is C28H29ClN4O3. The van der Waals surface area contributed by atoms with Crippen molar-refractivity contribution in [3.8, 4) is 0 Å². The first kappa shape index (κ1) is 24.1. The van der Waals surface area contributed by atoms with Crippen LogP contribution in [-0.2, 0) is 17.8 Å². The SMILES string of the molecule is Cc1ccc(NC(=O)C(Cc2ccccc2)NC(=O)N2CC3CC(C2)c2cccc(=O)n2C3)cc1Cl. The number of rotatable bonds is 5. The van der Waals surface area contributed by atoms with E-state index in [0.717, 1.165) is 23.2 Å². The number of hydrogen-bond donors (Lipinski definition) is 2. The van der Waals surface area contributed by atoms with Crippen LogP contribution < -0.4 is 16.2 Å². The second kappa shape index (κ2) is 10.2. The number of aryl methyl sites for hydroxylation is 1. The summed E-state index contributed by atoms with van der Waals surface area (Å²) in [4.78, 5) is 40.8. The minimum absolute atomic E-state index is 0.0101. The average molecular weight is 505 g/mol. The summed E-state index contributed by atoms with van der Waals surface area (Å²) < 4.78 is 1.84. The van der Waals surface area contributed by atoms with E-state index in [0.29, 0.717) is 36.8 Å². The highest BCUT2D eigenvalue weighted by atomic mass is 35.5. The van der Waals surface area contributed by atoms with E-state index in [1.807, 2.05) is 54.0 Å². The Kier molecular flexibility index (Phi) is 6.83. The van der Waals surface area contributed by atoms with Gasteiger partial charge in [0.2, 0.25) is 5.91 Å². The van der Waals surface area contributed by atoms with Crippen LogP contribution in [0.3, 0.4) is 0 Å². The van der Waals surface area contributed by atoms with Gasteiger partial charge in [0, 0.05) is 54.4 Å². The van der Waals surface area contributed by atoms with Gasteiger partial charge in [-0.15, -0.1) is 0 Å². The van der Waals surface area contributed by atoms with E-state index in [2.05, 4.69) is 10.6 Å². The fourth-order valence-electron chi connectivity index (χ4n) is 5.26. The maximum atomic E-state index is 13.4. The highest BCUT2D eigenvalue weighted by molar-refractivity contribution is 6.31. The molecule has 3 atom stereocenters. The van der Waals surface area contributed by atoms with Crippen LogP contribution in [0.5, 0.6) is 0 Å². The molecule has 3 heterocycles. The molecule has 186 valence electrons. The summed E-state index contributed by atoms with van der Waals surface area (Å²) in [6, 6.07) is 19.3. The quantitative estimate of drug-likeness (QED) is 0.546. The van der Waals surface area contributed by atoms with Gasteiger partial charge in [-0.1, -0.05) is 54.1 Å². The van der Waals surface area contributed by atoms with E-state index < -0.39 is 6.04 Å². The van der Waals surface area contributed by atoms with Gasteiger partial charge in [0.1, 0.15) is 6.04 Å². The second-order valence-corrected chi connectivity index (χ2v) is 10.2. The maximum absolute atomic E-state index is 13.4. The lowest BCUT2D eigenvalue weighted by Gasteiger charge is -2.43. The number of hydrogen-bond acceptors (Lipinski definition) is 3. The van der Waals surface area contributed by atoms with Crippen molar-refractivity contribution < 1.29 is 9.59 Å². The van der Waals surface area contributed by atoms with Gasteiger partial charge < -0.3 is 20.1 Å². The van der Waals surface area contributed by atoms with Crippen LogP contribution in [0, 0.1) is 12.8 Å². The van der Waals surface area contributed by atoms with Crippen molar-refractivity contribution in [3.63, 3.8) is 0 Å². The highest BCUT2D eigenvalue weighted by Crippen LogP contribution is 2.35. The number of fused-ring (bicyclic) bond motifs is 4. The molecule has 36 heavy (non-hydrogen) atoms. The summed E-state index contributed by atoms with van der Waals surface area (Å²) in [6.07, 6.45) is 1.31. The third-order valence-electron chi connectivity index (χ3n) is 7.10. The molecule has 0 radical (unpaired) electrons. The zero-order chi connectivity index (χ0) is 25.2. The van der Waals surface area contributed by atoms with Gasteiger partial charge in [-0.3, -0.25) is 9.59 Å². The fourth-order valence-corrected chi connectivity index (χ4v) is 5.44. The van der Waals surface area contributed by atoms with Crippen molar-refractivity contribution in [2.45, 2.75) is 38.3 Å². The van der Waals surface area contributed by atoms with E-state index >= 15 is 0 Å². The van der Waals surface area contributed by atoms with Crippen LogP contribution in [0.2, 0.25) is 5.02 Å². The number of halogens is 1. The number of carbonyl (C=O) groups excluding carboxylic acids is 2. The van der Waals surface area contributed by atoms with E-state index in [1.54, 1.807) is 29.2 Å². The first-order chi connectivity index (χ1) is 17.4. The molecule has 2 aliphatic heterocycles. The normalized spacial score (nSPS) is 19.2. The summed E-state index contributed by atoms with van der Waals surface area (Å²) in [5.41, 5.74) is 3.44. The van der Waals surface area contributed by atoms with Crippen LogP contribution in [0.15, 0.2) is 71.5 Å². The Labute approximate surface area is 215 Å². The molecule has 8 heteroatoms. The lowest BCUT2D eigenvalue weighted by atomic mass is 9.83. The average Bonchev–Trinajstić information content (AvgIpc) is 2.87. The summed E-state index contributed by atoms with van der Waals surface area (Å²) in [5, 5.41) is 6.45. The van der Waals surface area contributed by atoms with E-state index in [-0.39, 0.29) is 29.3 Å². The summed E-state index contributed by atoms with van der Waals surface area (Å²) >= 11 is 6.24. The van der Waals surface area contributed by atoms with Gasteiger partial charge in [-0.05, 0) is 48.6 Å². The van der Waals surface area contributed by atoms with Crippen LogP contribution in [0.1, 0.15) is 29.2 Å². The number of carbonyl (C=O) groups is 2. The number of benzene rings is 2. The lowest BCUT2D eigenvalue weighted by Crippen LogP contribution is -2.55. The number of aromatic nitrogens is 1. The number of piperidine rings is 1. The molecule has 3 unspecified atom stereocenters. The van der Waals surface area contributed by atoms with Gasteiger partial charge in [0.05, 0.1) is 0 Å². The van der Waals surface area contributed by atoms with Crippen LogP contribution in [0.4, 0.5) is 10.5 Å². The first-order valence-electron chi connectivity index (χ1n) is 12.2. The Morgan fingerprint density at radius 1 is 1.03 bits per heavy atom. The van der Waals surface area contributed by atoms with Crippen molar-refractivity contribution in [2.75, 3.05) is 18.4 Å². The monoisotopic (exact) mass is 504 g/mol. The van der Waals surface area contributed by atoms with Crippen molar-refractivity contribution in [1.82, 2.24) is 14.8 Å². The molecule has 1 fully saturated rings. The molecule has 1 saturated heterocycles. The van der Waals surface area contributed by atoms with Crippen LogP contribution >= 0.6 is 11.6 Å². The predicted molar refractivity (Wildman–Crippen MR) is 140 cm³/mol. The van der Waals surface area contributed by atoms with Gasteiger partial charge in [0.25, 0.3) is 5.56 Å². The zero-order valence-electron chi connectivity index (χ0n) is 20.1. The van der Waals surface area contributed by atoms with E-state index in [1.165, 1.54) is 0 Å². The first-order valence-corrected chi connectivity index (χ1v) is 12.6. The molecule has 5 rings (SSSR count). The molecule has 0 aliphatic carbocycles. The molecule has 3 amide bonds. The van der Waals surface area contributed by atoms with Crippen LogP contribution in [-0.4, -0.2) is 40.5 Å². The number of amides is 3. The Bertz CT molecular complexity index is 1340. The molecule has 2 bridgehead atoms. The number of nitrogens with one attached hydrogen (secondary N) is 2. The Balaban J connectivity index is 1.33. The number of likely N-dealkylation sites (tertiary alicyclic amines) is 1. The topological polar surface area (TPSA) is 83.4 Å². The predicted octanol–water partition coefficient (Wildman–Crippen LogP) is 4.19. The van der Waals surface area contributed by atoms with E-state index in [9.17, 15) is 14.4 Å². The largest absolute Gasteiger partial charge is 0.326 e. The zero-order valence-corrected chi connectivity index (χ0v) is 20.9. The number of nitrogens with zero attached hydrogens (tertiary/aromatic N) is 2. The molecule has 0 spiro atoms. The minimum Gasteiger partial charge on any atom is -0.326 e.